The molecule has 0 bridgehead atoms. The highest BCUT2D eigenvalue weighted by molar-refractivity contribution is 6.17. The van der Waals surface area contributed by atoms with E-state index >= 15 is 0 Å². The Morgan fingerprint density at radius 3 is 2.95 bits per heavy atom. The van der Waals surface area contributed by atoms with E-state index in [4.69, 9.17) is 16.3 Å². The van der Waals surface area contributed by atoms with E-state index in [9.17, 15) is 4.79 Å². The largest absolute Gasteiger partial charge is 0.491 e. The van der Waals surface area contributed by atoms with E-state index < -0.39 is 0 Å². The maximum atomic E-state index is 12.2. The summed E-state index contributed by atoms with van der Waals surface area (Å²) < 4.78 is 5.62. The number of nitrogens with zero attached hydrogens (tertiary/aromatic N) is 1. The first-order chi connectivity index (χ1) is 9.22. The molecule has 1 aliphatic rings. The number of alkyl halides is 1. The molecule has 0 aliphatic carbocycles. The number of ether oxygens (including phenoxy) is 1. The second kappa shape index (κ2) is 6.80. The number of para-hydroxylation sites is 2. The molecule has 1 aliphatic heterocycles. The van der Waals surface area contributed by atoms with Crippen LogP contribution in [0, 0.1) is 5.92 Å². The second-order valence-electron chi connectivity index (χ2n) is 4.98. The highest BCUT2D eigenvalue weighted by Gasteiger charge is 2.22. The number of amides is 1. The van der Waals surface area contributed by atoms with Crippen molar-refractivity contribution in [1.29, 1.82) is 0 Å². The lowest BCUT2D eigenvalue weighted by Gasteiger charge is -2.23. The van der Waals surface area contributed by atoms with Crippen molar-refractivity contribution in [3.8, 4) is 5.75 Å². The Kier molecular flexibility index (Phi) is 5.08. The molecule has 2 rings (SSSR count). The minimum Gasteiger partial charge on any atom is -0.491 e. The molecule has 104 valence electrons. The summed E-state index contributed by atoms with van der Waals surface area (Å²) in [4.78, 5) is 14.0. The normalized spacial score (nSPS) is 16.5. The van der Waals surface area contributed by atoms with Crippen LogP contribution in [0.4, 0.5) is 5.69 Å². The standard InChI is InChI=1S/C15H20ClNO2/c1-12(6-9-16)7-10-17-13-4-2-3-5-14(13)19-11-8-15(17)18/h2-5,12H,6-11H2,1H3. The first-order valence-corrected chi connectivity index (χ1v) is 7.34. The number of halogens is 1. The topological polar surface area (TPSA) is 29.5 Å². The molecule has 4 heteroatoms. The van der Waals surface area contributed by atoms with Crippen LogP contribution in [0.5, 0.6) is 5.75 Å². The predicted octanol–water partition coefficient (Wildman–Crippen LogP) is 3.46. The molecule has 3 nitrogen and oxygen atoms in total. The zero-order chi connectivity index (χ0) is 13.7. The van der Waals surface area contributed by atoms with Gasteiger partial charge >= 0.3 is 0 Å². The third-order valence-electron chi connectivity index (χ3n) is 3.48. The molecule has 0 radical (unpaired) electrons. The van der Waals surface area contributed by atoms with E-state index in [1.54, 1.807) is 0 Å². The minimum atomic E-state index is 0.142. The molecular formula is C15H20ClNO2. The Hall–Kier alpha value is -1.22. The van der Waals surface area contributed by atoms with Crippen molar-refractivity contribution in [2.45, 2.75) is 26.2 Å². The number of fused-ring (bicyclic) bond motifs is 1. The number of carbonyl (C=O) groups is 1. The van der Waals surface area contributed by atoms with Crippen LogP contribution in [0.1, 0.15) is 26.2 Å². The van der Waals surface area contributed by atoms with E-state index in [-0.39, 0.29) is 5.91 Å². The zero-order valence-corrected chi connectivity index (χ0v) is 12.0. The highest BCUT2D eigenvalue weighted by atomic mass is 35.5. The number of benzene rings is 1. The molecule has 19 heavy (non-hydrogen) atoms. The van der Waals surface area contributed by atoms with Gasteiger partial charge < -0.3 is 9.64 Å². The summed E-state index contributed by atoms with van der Waals surface area (Å²) in [6.45, 7) is 3.37. The Labute approximate surface area is 119 Å². The van der Waals surface area contributed by atoms with E-state index in [0.29, 0.717) is 24.8 Å². The molecule has 0 saturated carbocycles. The molecule has 0 saturated heterocycles. The number of carbonyl (C=O) groups excluding carboxylic acids is 1. The fraction of sp³-hybridized carbons (Fsp3) is 0.533. The van der Waals surface area contributed by atoms with Crippen molar-refractivity contribution in [1.82, 2.24) is 0 Å². The molecule has 1 unspecified atom stereocenters. The first kappa shape index (κ1) is 14.2. The smallest absolute Gasteiger partial charge is 0.230 e. The zero-order valence-electron chi connectivity index (χ0n) is 11.3. The van der Waals surface area contributed by atoms with E-state index in [0.717, 1.165) is 30.8 Å². The summed E-state index contributed by atoms with van der Waals surface area (Å²) in [6.07, 6.45) is 2.40. The van der Waals surface area contributed by atoms with Crippen LogP contribution in [-0.2, 0) is 4.79 Å². The van der Waals surface area contributed by atoms with Gasteiger partial charge in [0.05, 0.1) is 18.7 Å². The van der Waals surface area contributed by atoms with Gasteiger partial charge in [0.15, 0.2) is 0 Å². The van der Waals surface area contributed by atoms with Crippen molar-refractivity contribution in [2.24, 2.45) is 5.92 Å². The van der Waals surface area contributed by atoms with Crippen LogP contribution in [0.25, 0.3) is 0 Å². The molecule has 1 heterocycles. The molecule has 0 fully saturated rings. The third-order valence-corrected chi connectivity index (χ3v) is 3.70. The monoisotopic (exact) mass is 281 g/mol. The van der Waals surface area contributed by atoms with E-state index in [1.807, 2.05) is 29.2 Å². The minimum absolute atomic E-state index is 0.142. The van der Waals surface area contributed by atoms with Gasteiger partial charge in [-0.05, 0) is 30.9 Å². The summed E-state index contributed by atoms with van der Waals surface area (Å²) in [7, 11) is 0. The molecule has 0 spiro atoms. The summed E-state index contributed by atoms with van der Waals surface area (Å²) >= 11 is 5.75. The summed E-state index contributed by atoms with van der Waals surface area (Å²) in [5.74, 6) is 2.15. The van der Waals surface area contributed by atoms with Crippen molar-refractivity contribution in [3.05, 3.63) is 24.3 Å². The third kappa shape index (κ3) is 3.63. The van der Waals surface area contributed by atoms with Gasteiger partial charge in [-0.25, -0.2) is 0 Å². The van der Waals surface area contributed by atoms with Crippen LogP contribution in [0.3, 0.4) is 0 Å². The summed E-state index contributed by atoms with van der Waals surface area (Å²) in [5.41, 5.74) is 0.892. The average Bonchev–Trinajstić information content (AvgIpc) is 2.55. The SMILES string of the molecule is CC(CCCl)CCN1C(=O)CCOc2ccccc21. The van der Waals surface area contributed by atoms with Gasteiger partial charge in [0.1, 0.15) is 5.75 Å². The van der Waals surface area contributed by atoms with Crippen LogP contribution in [-0.4, -0.2) is 24.9 Å². The fourth-order valence-electron chi connectivity index (χ4n) is 2.25. The molecule has 1 aromatic carbocycles. The maximum absolute atomic E-state index is 12.2. The van der Waals surface area contributed by atoms with Gasteiger partial charge in [-0.1, -0.05) is 19.1 Å². The van der Waals surface area contributed by atoms with Gasteiger partial charge in [-0.15, -0.1) is 11.6 Å². The first-order valence-electron chi connectivity index (χ1n) is 6.80. The lowest BCUT2D eigenvalue weighted by Crippen LogP contribution is -2.32. The number of anilines is 1. The fourth-order valence-corrected chi connectivity index (χ4v) is 2.62. The number of hydrogen-bond donors (Lipinski definition) is 0. The van der Waals surface area contributed by atoms with Crippen LogP contribution >= 0.6 is 11.6 Å². The molecule has 1 atom stereocenters. The second-order valence-corrected chi connectivity index (χ2v) is 5.36. The average molecular weight is 282 g/mol. The molecule has 1 amide bonds. The van der Waals surface area contributed by atoms with Crippen molar-refractivity contribution < 1.29 is 9.53 Å². The predicted molar refractivity (Wildman–Crippen MR) is 78.0 cm³/mol. The quantitative estimate of drug-likeness (QED) is 0.774. The summed E-state index contributed by atoms with van der Waals surface area (Å²) in [5, 5.41) is 0. The maximum Gasteiger partial charge on any atom is 0.230 e. The van der Waals surface area contributed by atoms with E-state index in [1.165, 1.54) is 0 Å². The van der Waals surface area contributed by atoms with Crippen molar-refractivity contribution in [3.63, 3.8) is 0 Å². The van der Waals surface area contributed by atoms with Gasteiger partial charge in [-0.2, -0.15) is 0 Å². The lowest BCUT2D eigenvalue weighted by molar-refractivity contribution is -0.118. The van der Waals surface area contributed by atoms with Gasteiger partial charge in [0.2, 0.25) is 5.91 Å². The Morgan fingerprint density at radius 1 is 1.37 bits per heavy atom. The van der Waals surface area contributed by atoms with Crippen molar-refractivity contribution in [2.75, 3.05) is 23.9 Å². The lowest BCUT2D eigenvalue weighted by atomic mass is 10.0. The number of hydrogen-bond acceptors (Lipinski definition) is 2. The van der Waals surface area contributed by atoms with Crippen LogP contribution in [0.15, 0.2) is 24.3 Å². The van der Waals surface area contributed by atoms with Gasteiger partial charge in [-0.3, -0.25) is 4.79 Å². The van der Waals surface area contributed by atoms with Crippen LogP contribution < -0.4 is 9.64 Å². The summed E-state index contributed by atoms with van der Waals surface area (Å²) in [6, 6.07) is 7.74. The van der Waals surface area contributed by atoms with Gasteiger partial charge in [0, 0.05) is 12.4 Å². The molecule has 1 aromatic rings. The molecule has 0 aromatic heterocycles. The highest BCUT2D eigenvalue weighted by Crippen LogP contribution is 2.31. The Balaban J connectivity index is 2.10. The Bertz CT molecular complexity index is 436. The van der Waals surface area contributed by atoms with E-state index in [2.05, 4.69) is 6.92 Å². The Morgan fingerprint density at radius 2 is 2.16 bits per heavy atom. The van der Waals surface area contributed by atoms with Gasteiger partial charge in [0.25, 0.3) is 0 Å². The van der Waals surface area contributed by atoms with Crippen molar-refractivity contribution >= 4 is 23.2 Å². The molecular weight excluding hydrogens is 262 g/mol. The van der Waals surface area contributed by atoms with Crippen LogP contribution in [0.2, 0.25) is 0 Å². The number of rotatable bonds is 5. The molecule has 0 N–H and O–H groups in total.